The molecular formula is C13H18Br2O2. The molecule has 4 heteroatoms. The number of hydrogen-bond acceptors (Lipinski definition) is 2. The van der Waals surface area contributed by atoms with Crippen LogP contribution in [0.1, 0.15) is 36.6 Å². The zero-order valence-corrected chi connectivity index (χ0v) is 13.6. The van der Waals surface area contributed by atoms with Crippen molar-refractivity contribution in [2.75, 3.05) is 14.2 Å². The number of alkyl halides is 1. The van der Waals surface area contributed by atoms with Crippen LogP contribution in [-0.4, -0.2) is 14.2 Å². The van der Waals surface area contributed by atoms with Gasteiger partial charge < -0.3 is 9.47 Å². The SMILES string of the molecule is CCCCC(Br)c1cc(OC)c(Br)cc1OC. The number of hydrogen-bond donors (Lipinski definition) is 0. The van der Waals surface area contributed by atoms with Gasteiger partial charge in [-0.2, -0.15) is 0 Å². The van der Waals surface area contributed by atoms with Gasteiger partial charge in [-0.05, 0) is 34.5 Å². The van der Waals surface area contributed by atoms with Crippen LogP contribution in [0.2, 0.25) is 0 Å². The van der Waals surface area contributed by atoms with E-state index in [2.05, 4.69) is 38.8 Å². The first-order valence-electron chi connectivity index (χ1n) is 5.69. The fourth-order valence-corrected chi connectivity index (χ4v) is 2.83. The summed E-state index contributed by atoms with van der Waals surface area (Å²) in [6.45, 7) is 2.19. The van der Waals surface area contributed by atoms with Crippen molar-refractivity contribution in [3.8, 4) is 11.5 Å². The maximum atomic E-state index is 5.41. The van der Waals surface area contributed by atoms with Crippen molar-refractivity contribution in [3.63, 3.8) is 0 Å². The molecule has 0 aromatic heterocycles. The molecule has 96 valence electrons. The monoisotopic (exact) mass is 364 g/mol. The van der Waals surface area contributed by atoms with Gasteiger partial charge in [-0.25, -0.2) is 0 Å². The normalized spacial score (nSPS) is 12.3. The van der Waals surface area contributed by atoms with Gasteiger partial charge in [0.1, 0.15) is 11.5 Å². The summed E-state index contributed by atoms with van der Waals surface area (Å²) in [7, 11) is 3.36. The predicted octanol–water partition coefficient (Wildman–Crippen LogP) is 5.09. The second kappa shape index (κ2) is 7.27. The lowest BCUT2D eigenvalue weighted by atomic mass is 10.1. The quantitative estimate of drug-likeness (QED) is 0.653. The van der Waals surface area contributed by atoms with Crippen molar-refractivity contribution in [2.24, 2.45) is 0 Å². The highest BCUT2D eigenvalue weighted by Crippen LogP contribution is 2.40. The minimum absolute atomic E-state index is 0.305. The Kier molecular flexibility index (Phi) is 6.34. The lowest BCUT2D eigenvalue weighted by Crippen LogP contribution is -1.97. The zero-order chi connectivity index (χ0) is 12.8. The van der Waals surface area contributed by atoms with Gasteiger partial charge in [0.2, 0.25) is 0 Å². The largest absolute Gasteiger partial charge is 0.496 e. The lowest BCUT2D eigenvalue weighted by molar-refractivity contribution is 0.396. The van der Waals surface area contributed by atoms with Crippen molar-refractivity contribution in [1.82, 2.24) is 0 Å². The molecule has 0 spiro atoms. The molecule has 1 unspecified atom stereocenters. The number of benzene rings is 1. The molecule has 0 aliphatic carbocycles. The Morgan fingerprint density at radius 1 is 1.18 bits per heavy atom. The van der Waals surface area contributed by atoms with Gasteiger partial charge in [-0.15, -0.1) is 0 Å². The Hall–Kier alpha value is -0.220. The number of rotatable bonds is 6. The predicted molar refractivity (Wildman–Crippen MR) is 78.4 cm³/mol. The summed E-state index contributed by atoms with van der Waals surface area (Å²) in [5.74, 6) is 1.72. The summed E-state index contributed by atoms with van der Waals surface area (Å²) in [4.78, 5) is 0.305. The molecule has 0 amide bonds. The number of halogens is 2. The summed E-state index contributed by atoms with van der Waals surface area (Å²) in [6.07, 6.45) is 3.48. The molecule has 0 radical (unpaired) electrons. The molecule has 1 rings (SSSR count). The molecule has 0 saturated carbocycles. The van der Waals surface area contributed by atoms with Crippen LogP contribution in [-0.2, 0) is 0 Å². The molecule has 0 aliphatic rings. The van der Waals surface area contributed by atoms with Crippen molar-refractivity contribution in [2.45, 2.75) is 31.0 Å². The van der Waals surface area contributed by atoms with Crippen LogP contribution in [0.5, 0.6) is 11.5 Å². The van der Waals surface area contributed by atoms with E-state index in [1.807, 2.05) is 12.1 Å². The number of unbranched alkanes of at least 4 members (excludes halogenated alkanes) is 1. The Labute approximate surface area is 120 Å². The molecule has 0 bridgehead atoms. The first-order valence-corrected chi connectivity index (χ1v) is 7.40. The van der Waals surface area contributed by atoms with Crippen LogP contribution in [0, 0.1) is 0 Å². The minimum Gasteiger partial charge on any atom is -0.496 e. The Morgan fingerprint density at radius 2 is 1.82 bits per heavy atom. The summed E-state index contributed by atoms with van der Waals surface area (Å²) in [6, 6.07) is 3.98. The third-order valence-electron chi connectivity index (χ3n) is 2.65. The van der Waals surface area contributed by atoms with E-state index in [1.165, 1.54) is 12.8 Å². The van der Waals surface area contributed by atoms with E-state index in [-0.39, 0.29) is 0 Å². The highest BCUT2D eigenvalue weighted by Gasteiger charge is 2.16. The van der Waals surface area contributed by atoms with Gasteiger partial charge in [0.25, 0.3) is 0 Å². The van der Waals surface area contributed by atoms with Gasteiger partial charge in [0.05, 0.1) is 18.7 Å². The average Bonchev–Trinajstić information content (AvgIpc) is 2.35. The number of ether oxygens (including phenoxy) is 2. The Morgan fingerprint density at radius 3 is 2.35 bits per heavy atom. The van der Waals surface area contributed by atoms with Crippen molar-refractivity contribution in [1.29, 1.82) is 0 Å². The van der Waals surface area contributed by atoms with E-state index in [1.54, 1.807) is 14.2 Å². The van der Waals surface area contributed by atoms with Gasteiger partial charge >= 0.3 is 0 Å². The van der Waals surface area contributed by atoms with Crippen LogP contribution in [0.4, 0.5) is 0 Å². The van der Waals surface area contributed by atoms with E-state index in [0.717, 1.165) is 28.0 Å². The Bertz CT molecular complexity index is 367. The highest BCUT2D eigenvalue weighted by atomic mass is 79.9. The molecular weight excluding hydrogens is 348 g/mol. The Balaban J connectivity index is 3.02. The molecule has 0 N–H and O–H groups in total. The number of methoxy groups -OCH3 is 2. The van der Waals surface area contributed by atoms with Gasteiger partial charge in [0.15, 0.2) is 0 Å². The van der Waals surface area contributed by atoms with Crippen LogP contribution < -0.4 is 9.47 Å². The fourth-order valence-electron chi connectivity index (χ4n) is 1.67. The lowest BCUT2D eigenvalue weighted by Gasteiger charge is -2.16. The van der Waals surface area contributed by atoms with Crippen molar-refractivity contribution in [3.05, 3.63) is 22.2 Å². The highest BCUT2D eigenvalue weighted by molar-refractivity contribution is 9.10. The maximum absolute atomic E-state index is 5.41. The third kappa shape index (κ3) is 3.88. The summed E-state index contributed by atoms with van der Waals surface area (Å²) in [5.41, 5.74) is 1.14. The zero-order valence-electron chi connectivity index (χ0n) is 10.4. The smallest absolute Gasteiger partial charge is 0.133 e. The molecule has 17 heavy (non-hydrogen) atoms. The van der Waals surface area contributed by atoms with E-state index < -0.39 is 0 Å². The molecule has 0 aliphatic heterocycles. The second-order valence-corrected chi connectivity index (χ2v) is 5.80. The molecule has 0 fully saturated rings. The van der Waals surface area contributed by atoms with E-state index >= 15 is 0 Å². The topological polar surface area (TPSA) is 18.5 Å². The van der Waals surface area contributed by atoms with Gasteiger partial charge in [-0.3, -0.25) is 0 Å². The standard InChI is InChI=1S/C13H18Br2O2/c1-4-5-6-10(14)9-7-13(17-3)11(15)8-12(9)16-2/h7-8,10H,4-6H2,1-3H3. The van der Waals surface area contributed by atoms with Crippen LogP contribution in [0.15, 0.2) is 16.6 Å². The minimum atomic E-state index is 0.305. The second-order valence-electron chi connectivity index (χ2n) is 3.84. The molecule has 0 heterocycles. The van der Waals surface area contributed by atoms with Crippen LogP contribution in [0.25, 0.3) is 0 Å². The fraction of sp³-hybridized carbons (Fsp3) is 0.538. The molecule has 2 nitrogen and oxygen atoms in total. The van der Waals surface area contributed by atoms with Crippen molar-refractivity contribution >= 4 is 31.9 Å². The summed E-state index contributed by atoms with van der Waals surface area (Å²) >= 11 is 7.18. The van der Waals surface area contributed by atoms with E-state index in [9.17, 15) is 0 Å². The van der Waals surface area contributed by atoms with E-state index in [0.29, 0.717) is 4.83 Å². The van der Waals surface area contributed by atoms with Gasteiger partial charge in [0, 0.05) is 10.4 Å². The summed E-state index contributed by atoms with van der Waals surface area (Å²) in [5, 5.41) is 0. The average molecular weight is 366 g/mol. The molecule has 1 aromatic rings. The van der Waals surface area contributed by atoms with E-state index in [4.69, 9.17) is 9.47 Å². The van der Waals surface area contributed by atoms with Gasteiger partial charge in [-0.1, -0.05) is 35.7 Å². The maximum Gasteiger partial charge on any atom is 0.133 e. The molecule has 0 saturated heterocycles. The first-order chi connectivity index (χ1) is 8.13. The first kappa shape index (κ1) is 14.8. The third-order valence-corrected chi connectivity index (χ3v) is 4.22. The van der Waals surface area contributed by atoms with Crippen molar-refractivity contribution < 1.29 is 9.47 Å². The summed E-state index contributed by atoms with van der Waals surface area (Å²) < 4.78 is 11.6. The van der Waals surface area contributed by atoms with Crippen LogP contribution >= 0.6 is 31.9 Å². The molecule has 1 atom stereocenters. The molecule has 1 aromatic carbocycles. The van der Waals surface area contributed by atoms with Crippen LogP contribution in [0.3, 0.4) is 0 Å².